The predicted octanol–water partition coefficient (Wildman–Crippen LogP) is 0.226. The first kappa shape index (κ1) is 2.67. The number of rotatable bonds is 0. The molecule has 1 rings (SSSR count). The molecule has 0 unspecified atom stereocenters. The highest BCUT2D eigenvalue weighted by atomic mass is 28.2. The van der Waals surface area contributed by atoms with Gasteiger partial charge in [-0.3, -0.25) is 0 Å². The second-order valence-electron chi connectivity index (χ2n) is 0.710. The lowest BCUT2D eigenvalue weighted by molar-refractivity contribution is 2.06. The van der Waals surface area contributed by atoms with Crippen molar-refractivity contribution in [3.8, 4) is 0 Å². The molecule has 2 heteroatoms. The number of hydrogen-bond donors (Lipinski definition) is 0. The topological polar surface area (TPSA) is 4.36 Å². The van der Waals surface area contributed by atoms with Crippen molar-refractivity contribution < 1.29 is 0 Å². The van der Waals surface area contributed by atoms with E-state index in [0.29, 0.717) is 9.52 Å². The molecule has 0 aromatic heterocycles. The molecule has 1 aliphatic heterocycles. The zero-order chi connectivity index (χ0) is 3.70. The summed E-state index contributed by atoms with van der Waals surface area (Å²) in [6.07, 6.45) is 0. The zero-order valence-electron chi connectivity index (χ0n) is 2.45. The Kier molecular flexibility index (Phi) is 0.372. The van der Waals surface area contributed by atoms with Gasteiger partial charge in [-0.15, -0.1) is 0 Å². The minimum Gasteiger partial charge on any atom is -0.247 e. The van der Waals surface area contributed by atoms with Crippen molar-refractivity contribution >= 4 is 9.52 Å². The van der Waals surface area contributed by atoms with Crippen LogP contribution in [0.1, 0.15) is 0 Å². The maximum absolute atomic E-state index is 6.25. The summed E-state index contributed by atoms with van der Waals surface area (Å²) in [4.78, 5) is 3.07. The average molecular weight is 78.1 g/mol. The van der Waals surface area contributed by atoms with Gasteiger partial charge in [0, 0.05) is 0 Å². The van der Waals surface area contributed by atoms with Gasteiger partial charge in [-0.2, -0.15) is 0 Å². The van der Waals surface area contributed by atoms with E-state index >= 15 is 0 Å². The van der Waals surface area contributed by atoms with Gasteiger partial charge in [0.05, 0.1) is 16.1 Å². The molecular formula is C3NSi. The summed E-state index contributed by atoms with van der Waals surface area (Å²) in [5.41, 5.74) is 2.77. The summed E-state index contributed by atoms with van der Waals surface area (Å²) in [7, 11) is 0.637. The van der Waals surface area contributed by atoms with Crippen molar-refractivity contribution in [3.05, 3.63) is 22.4 Å². The molecule has 5 heavy (non-hydrogen) atoms. The van der Waals surface area contributed by atoms with Crippen molar-refractivity contribution in [2.45, 2.75) is 0 Å². The molecule has 0 atom stereocenters. The quantitative estimate of drug-likeness (QED) is 0.288. The van der Waals surface area contributed by atoms with Crippen LogP contribution in [-0.2, 0) is 0 Å². The fourth-order valence-corrected chi connectivity index (χ4v) is 0.252. The van der Waals surface area contributed by atoms with E-state index in [0.717, 1.165) is 5.32 Å². The van der Waals surface area contributed by atoms with E-state index in [9.17, 15) is 0 Å². The normalized spacial score (nSPS) is 16.2. The SMILES string of the molecule is [C-]#[N+]C1=[C][Si]1. The molecule has 0 fully saturated rings. The second kappa shape index (κ2) is 0.696. The van der Waals surface area contributed by atoms with Crippen LogP contribution >= 0.6 is 0 Å². The summed E-state index contributed by atoms with van der Waals surface area (Å²) in [6.45, 7) is 6.25. The maximum Gasteiger partial charge on any atom is 0.138 e. The molecule has 0 saturated heterocycles. The van der Waals surface area contributed by atoms with Gasteiger partial charge < -0.3 is 0 Å². The third-order valence-electron chi connectivity index (χ3n) is 0.349. The van der Waals surface area contributed by atoms with Gasteiger partial charge in [0.25, 0.3) is 0 Å². The summed E-state index contributed by atoms with van der Waals surface area (Å²) >= 11 is 0. The minimum absolute atomic E-state index is 0.637. The molecule has 0 aliphatic carbocycles. The van der Waals surface area contributed by atoms with Gasteiger partial charge in [-0.05, 0) is 0 Å². The smallest absolute Gasteiger partial charge is 0.138 e. The Bertz CT molecular complexity index is 109. The van der Waals surface area contributed by atoms with Crippen LogP contribution < -0.4 is 0 Å². The van der Waals surface area contributed by atoms with Crippen molar-refractivity contribution in [2.75, 3.05) is 0 Å². The average Bonchev–Trinajstić information content (AvgIpc) is 2.12. The second-order valence-corrected chi connectivity index (χ2v) is 1.68. The van der Waals surface area contributed by atoms with Crippen molar-refractivity contribution in [2.24, 2.45) is 0 Å². The Labute approximate surface area is 33.0 Å². The van der Waals surface area contributed by atoms with Crippen LogP contribution in [0.5, 0.6) is 0 Å². The number of hydrogen-bond acceptors (Lipinski definition) is 0. The third kappa shape index (κ3) is 0.365. The summed E-state index contributed by atoms with van der Waals surface area (Å²) < 4.78 is 0. The van der Waals surface area contributed by atoms with Gasteiger partial charge in [0.15, 0.2) is 0 Å². The van der Waals surface area contributed by atoms with E-state index in [1.807, 2.05) is 0 Å². The van der Waals surface area contributed by atoms with Crippen molar-refractivity contribution in [1.82, 2.24) is 0 Å². The summed E-state index contributed by atoms with van der Waals surface area (Å²) in [5.74, 6) is 0. The van der Waals surface area contributed by atoms with E-state index in [-0.39, 0.29) is 0 Å². The van der Waals surface area contributed by atoms with Crippen LogP contribution in [0.25, 0.3) is 4.85 Å². The highest BCUT2D eigenvalue weighted by Gasteiger charge is 2.05. The van der Waals surface area contributed by atoms with Gasteiger partial charge in [-0.1, -0.05) is 5.70 Å². The van der Waals surface area contributed by atoms with Crippen molar-refractivity contribution in [1.29, 1.82) is 0 Å². The molecule has 3 radical (unpaired) electrons. The Morgan fingerprint density at radius 2 is 2.60 bits per heavy atom. The maximum atomic E-state index is 6.25. The first-order valence-corrected chi connectivity index (χ1v) is 2.20. The van der Waals surface area contributed by atoms with Crippen LogP contribution in [0.4, 0.5) is 0 Å². The van der Waals surface area contributed by atoms with E-state index in [4.69, 9.17) is 6.57 Å². The van der Waals surface area contributed by atoms with E-state index in [2.05, 4.69) is 10.5 Å². The predicted molar refractivity (Wildman–Crippen MR) is 19.1 cm³/mol. The summed E-state index contributed by atoms with van der Waals surface area (Å²) in [5, 5.41) is 0.824. The number of nitrogens with zero attached hydrogens (tertiary/aromatic N) is 1. The van der Waals surface area contributed by atoms with Crippen LogP contribution in [-0.4, -0.2) is 9.52 Å². The Morgan fingerprint density at radius 3 is 2.60 bits per heavy atom. The molecule has 0 bridgehead atoms. The van der Waals surface area contributed by atoms with E-state index < -0.39 is 0 Å². The molecule has 0 saturated carbocycles. The molecular weight excluding hydrogens is 78.1 g/mol. The lowest BCUT2D eigenvalue weighted by atomic mass is 11.1. The van der Waals surface area contributed by atoms with Gasteiger partial charge in [0.1, 0.15) is 5.32 Å². The van der Waals surface area contributed by atoms with Crippen LogP contribution in [0.15, 0.2) is 5.32 Å². The molecule has 1 aliphatic rings. The molecule has 1 heterocycles. The zero-order valence-corrected chi connectivity index (χ0v) is 3.45. The fraction of sp³-hybridized carbons (Fsp3) is 0. The fourth-order valence-electron chi connectivity index (χ4n) is 0.0839. The summed E-state index contributed by atoms with van der Waals surface area (Å²) in [6, 6.07) is 0. The standard InChI is InChI=1S/C3NSi/c1-4-3-2-5-3. The molecule has 0 N–H and O–H groups in total. The molecule has 0 aromatic carbocycles. The Morgan fingerprint density at radius 1 is 2.00 bits per heavy atom. The molecule has 0 amide bonds. The largest absolute Gasteiger partial charge is 0.247 e. The molecule has 0 spiro atoms. The molecule has 21 valence electrons. The van der Waals surface area contributed by atoms with Crippen molar-refractivity contribution in [3.63, 3.8) is 0 Å². The Hall–Kier alpha value is -0.553. The monoisotopic (exact) mass is 78.0 g/mol. The third-order valence-corrected chi connectivity index (χ3v) is 0.934. The molecule has 0 aromatic rings. The first-order chi connectivity index (χ1) is 2.43. The lowest BCUT2D eigenvalue weighted by Crippen LogP contribution is -1.47. The van der Waals surface area contributed by atoms with E-state index in [1.165, 1.54) is 0 Å². The van der Waals surface area contributed by atoms with Crippen LogP contribution in [0.2, 0.25) is 0 Å². The first-order valence-electron chi connectivity index (χ1n) is 1.20. The van der Waals surface area contributed by atoms with Gasteiger partial charge in [-0.25, -0.2) is 4.85 Å². The highest BCUT2D eigenvalue weighted by Crippen LogP contribution is 2.03. The highest BCUT2D eigenvalue weighted by molar-refractivity contribution is 6.61. The lowest BCUT2D eigenvalue weighted by Gasteiger charge is -1.48. The van der Waals surface area contributed by atoms with Gasteiger partial charge in [0.2, 0.25) is 0 Å². The van der Waals surface area contributed by atoms with E-state index in [1.54, 1.807) is 0 Å². The van der Waals surface area contributed by atoms with Crippen LogP contribution in [0, 0.1) is 12.3 Å². The van der Waals surface area contributed by atoms with Gasteiger partial charge >= 0.3 is 0 Å². The van der Waals surface area contributed by atoms with Crippen LogP contribution in [0.3, 0.4) is 0 Å². The Balaban J connectivity index is 2.59. The minimum atomic E-state index is 0.637. The molecule has 1 nitrogen and oxygen atoms in total.